The van der Waals surface area contributed by atoms with Gasteiger partial charge in [0, 0.05) is 10.9 Å². The van der Waals surface area contributed by atoms with Gasteiger partial charge in [0.25, 0.3) is 0 Å². The molecule has 3 nitrogen and oxygen atoms in total. The van der Waals surface area contributed by atoms with Gasteiger partial charge in [-0.15, -0.1) is 0 Å². The van der Waals surface area contributed by atoms with Crippen LogP contribution in [0.5, 0.6) is 0 Å². The summed E-state index contributed by atoms with van der Waals surface area (Å²) in [5, 5.41) is 10.5. The number of nitrogens with zero attached hydrogens (tertiary/aromatic N) is 1. The minimum Gasteiger partial charge on any atom is -0.258 e. The summed E-state index contributed by atoms with van der Waals surface area (Å²) in [6, 6.07) is 4.12. The SMILES string of the molecule is CCC(Cc1ccc([N+](=O)[O-])c(F)c1)C(C)Br. The fourth-order valence-electron chi connectivity index (χ4n) is 1.76. The molecule has 0 aliphatic heterocycles. The molecular weight excluding hydrogens is 289 g/mol. The van der Waals surface area contributed by atoms with Crippen molar-refractivity contribution in [1.29, 1.82) is 0 Å². The van der Waals surface area contributed by atoms with Crippen LogP contribution in [0.3, 0.4) is 0 Å². The predicted octanol–water partition coefficient (Wildman–Crippen LogP) is 4.09. The average Bonchev–Trinajstić information content (AvgIpc) is 2.24. The number of nitro benzene ring substituents is 1. The standard InChI is InChI=1S/C12H15BrFNO2/c1-3-10(8(2)13)6-9-4-5-12(15(16)17)11(14)7-9/h4-5,7-8,10H,3,6H2,1-2H3. The first-order valence-electron chi connectivity index (χ1n) is 5.52. The van der Waals surface area contributed by atoms with Crippen LogP contribution in [0.4, 0.5) is 10.1 Å². The number of rotatable bonds is 5. The Morgan fingerprint density at radius 1 is 1.53 bits per heavy atom. The molecule has 1 aromatic rings. The van der Waals surface area contributed by atoms with Gasteiger partial charge in [0.1, 0.15) is 0 Å². The van der Waals surface area contributed by atoms with Gasteiger partial charge >= 0.3 is 5.69 Å². The molecule has 2 atom stereocenters. The number of halogens is 2. The molecule has 94 valence electrons. The molecule has 1 aromatic carbocycles. The summed E-state index contributed by atoms with van der Waals surface area (Å²) < 4.78 is 13.4. The van der Waals surface area contributed by atoms with Crippen molar-refractivity contribution in [2.75, 3.05) is 0 Å². The van der Waals surface area contributed by atoms with Crippen LogP contribution in [0.2, 0.25) is 0 Å². The first kappa shape index (κ1) is 14.1. The van der Waals surface area contributed by atoms with Crippen LogP contribution in [0.15, 0.2) is 18.2 Å². The third kappa shape index (κ3) is 3.77. The molecule has 0 saturated carbocycles. The van der Waals surface area contributed by atoms with E-state index in [1.807, 2.05) is 0 Å². The van der Waals surface area contributed by atoms with Crippen molar-refractivity contribution in [2.24, 2.45) is 5.92 Å². The van der Waals surface area contributed by atoms with Gasteiger partial charge in [-0.05, 0) is 24.0 Å². The van der Waals surface area contributed by atoms with Crippen molar-refractivity contribution in [1.82, 2.24) is 0 Å². The van der Waals surface area contributed by atoms with Crippen molar-refractivity contribution < 1.29 is 9.31 Å². The Bertz CT molecular complexity index is 409. The normalized spacial score (nSPS) is 14.4. The van der Waals surface area contributed by atoms with Crippen molar-refractivity contribution in [3.8, 4) is 0 Å². The molecule has 0 fully saturated rings. The van der Waals surface area contributed by atoms with Crippen molar-refractivity contribution in [2.45, 2.75) is 31.5 Å². The van der Waals surface area contributed by atoms with Crippen LogP contribution in [-0.2, 0) is 6.42 Å². The zero-order valence-electron chi connectivity index (χ0n) is 9.82. The van der Waals surface area contributed by atoms with Gasteiger partial charge in [-0.3, -0.25) is 10.1 Å². The number of benzene rings is 1. The second kappa shape index (κ2) is 6.10. The molecule has 0 aliphatic carbocycles. The Balaban J connectivity index is 2.87. The summed E-state index contributed by atoms with van der Waals surface area (Å²) in [4.78, 5) is 10.1. The minimum absolute atomic E-state index is 0.339. The smallest absolute Gasteiger partial charge is 0.258 e. The molecule has 0 bridgehead atoms. The van der Waals surface area contributed by atoms with Crippen molar-refractivity contribution in [3.05, 3.63) is 39.7 Å². The molecular formula is C12H15BrFNO2. The van der Waals surface area contributed by atoms with Crippen LogP contribution >= 0.6 is 15.9 Å². The lowest BCUT2D eigenvalue weighted by Gasteiger charge is -2.17. The first-order valence-corrected chi connectivity index (χ1v) is 6.44. The summed E-state index contributed by atoms with van der Waals surface area (Å²) in [5.74, 6) is -0.361. The second-order valence-electron chi connectivity index (χ2n) is 4.09. The highest BCUT2D eigenvalue weighted by atomic mass is 79.9. The van der Waals surface area contributed by atoms with E-state index in [9.17, 15) is 14.5 Å². The maximum Gasteiger partial charge on any atom is 0.304 e. The molecule has 1 rings (SSSR count). The molecule has 17 heavy (non-hydrogen) atoms. The predicted molar refractivity (Wildman–Crippen MR) is 68.9 cm³/mol. The van der Waals surface area contributed by atoms with Gasteiger partial charge in [0.15, 0.2) is 0 Å². The van der Waals surface area contributed by atoms with E-state index in [1.54, 1.807) is 6.07 Å². The third-order valence-corrected chi connectivity index (χ3v) is 3.63. The van der Waals surface area contributed by atoms with Gasteiger partial charge < -0.3 is 0 Å². The van der Waals surface area contributed by atoms with E-state index in [2.05, 4.69) is 29.8 Å². The number of alkyl halides is 1. The molecule has 0 spiro atoms. The van der Waals surface area contributed by atoms with E-state index in [0.29, 0.717) is 10.7 Å². The average molecular weight is 304 g/mol. The highest BCUT2D eigenvalue weighted by molar-refractivity contribution is 9.09. The molecule has 0 saturated heterocycles. The van der Waals surface area contributed by atoms with Crippen molar-refractivity contribution >= 4 is 21.6 Å². The highest BCUT2D eigenvalue weighted by Gasteiger charge is 2.17. The van der Waals surface area contributed by atoms with Gasteiger partial charge in [0.05, 0.1) is 4.92 Å². The van der Waals surface area contributed by atoms with Crippen LogP contribution in [-0.4, -0.2) is 9.75 Å². The van der Waals surface area contributed by atoms with Gasteiger partial charge in [-0.2, -0.15) is 4.39 Å². The lowest BCUT2D eigenvalue weighted by molar-refractivity contribution is -0.387. The molecule has 0 amide bonds. The van der Waals surface area contributed by atoms with E-state index < -0.39 is 16.4 Å². The molecule has 0 radical (unpaired) electrons. The lowest BCUT2D eigenvalue weighted by atomic mass is 9.94. The van der Waals surface area contributed by atoms with E-state index in [1.165, 1.54) is 12.1 Å². The number of nitro groups is 1. The Morgan fingerprint density at radius 3 is 2.59 bits per heavy atom. The van der Waals surface area contributed by atoms with Crippen LogP contribution in [0.1, 0.15) is 25.8 Å². The monoisotopic (exact) mass is 303 g/mol. The number of hydrogen-bond acceptors (Lipinski definition) is 2. The van der Waals surface area contributed by atoms with E-state index in [-0.39, 0.29) is 0 Å². The summed E-state index contributed by atoms with van der Waals surface area (Å²) in [6.45, 7) is 4.13. The summed E-state index contributed by atoms with van der Waals surface area (Å²) >= 11 is 3.51. The Labute approximate surface area is 108 Å². The van der Waals surface area contributed by atoms with Gasteiger partial charge in [0.2, 0.25) is 5.82 Å². The molecule has 0 N–H and O–H groups in total. The van der Waals surface area contributed by atoms with Crippen LogP contribution < -0.4 is 0 Å². The van der Waals surface area contributed by atoms with Crippen LogP contribution in [0.25, 0.3) is 0 Å². The van der Waals surface area contributed by atoms with Crippen molar-refractivity contribution in [3.63, 3.8) is 0 Å². The molecule has 0 heterocycles. The first-order chi connectivity index (χ1) is 7.95. The molecule has 5 heteroatoms. The minimum atomic E-state index is -0.760. The highest BCUT2D eigenvalue weighted by Crippen LogP contribution is 2.24. The molecule has 0 aromatic heterocycles. The fourth-order valence-corrected chi connectivity index (χ4v) is 2.32. The zero-order valence-corrected chi connectivity index (χ0v) is 11.4. The summed E-state index contributed by atoms with van der Waals surface area (Å²) in [7, 11) is 0. The maximum absolute atomic E-state index is 13.4. The summed E-state index contributed by atoms with van der Waals surface area (Å²) in [5.41, 5.74) is 0.333. The quantitative estimate of drug-likeness (QED) is 0.467. The molecule has 2 unspecified atom stereocenters. The van der Waals surface area contributed by atoms with E-state index in [0.717, 1.165) is 18.4 Å². The maximum atomic E-state index is 13.4. The largest absolute Gasteiger partial charge is 0.304 e. The van der Waals surface area contributed by atoms with Gasteiger partial charge in [-0.1, -0.05) is 42.3 Å². The third-order valence-electron chi connectivity index (χ3n) is 2.88. The Kier molecular flexibility index (Phi) is 5.05. The fraction of sp³-hybridized carbons (Fsp3) is 0.500. The van der Waals surface area contributed by atoms with E-state index in [4.69, 9.17) is 0 Å². The number of hydrogen-bond donors (Lipinski definition) is 0. The topological polar surface area (TPSA) is 43.1 Å². The summed E-state index contributed by atoms with van der Waals surface area (Å²) in [6.07, 6.45) is 1.70. The lowest BCUT2D eigenvalue weighted by Crippen LogP contribution is -2.13. The zero-order chi connectivity index (χ0) is 13.0. The molecule has 0 aliphatic rings. The van der Waals surface area contributed by atoms with E-state index >= 15 is 0 Å². The second-order valence-corrected chi connectivity index (χ2v) is 5.54. The van der Waals surface area contributed by atoms with Crippen LogP contribution in [0, 0.1) is 21.8 Å². The Hall–Kier alpha value is -0.970. The Morgan fingerprint density at radius 2 is 2.18 bits per heavy atom. The van der Waals surface area contributed by atoms with Gasteiger partial charge in [-0.25, -0.2) is 0 Å².